The third kappa shape index (κ3) is 4.79. The van der Waals surface area contributed by atoms with Crippen molar-refractivity contribution in [3.8, 4) is 6.07 Å². The summed E-state index contributed by atoms with van der Waals surface area (Å²) in [6.45, 7) is 0.0908. The van der Waals surface area contributed by atoms with Gasteiger partial charge in [0.2, 0.25) is 10.0 Å². The van der Waals surface area contributed by atoms with Gasteiger partial charge < -0.3 is 5.32 Å². The molecule has 0 aliphatic carbocycles. The van der Waals surface area contributed by atoms with Gasteiger partial charge in [0.15, 0.2) is 0 Å². The van der Waals surface area contributed by atoms with E-state index in [0.717, 1.165) is 5.56 Å². The highest BCUT2D eigenvalue weighted by Crippen LogP contribution is 2.15. The maximum atomic E-state index is 12.5. The van der Waals surface area contributed by atoms with E-state index < -0.39 is 15.9 Å². The van der Waals surface area contributed by atoms with E-state index in [1.807, 2.05) is 6.07 Å². The number of sulfonamides is 1. The molecule has 0 unspecified atom stereocenters. The van der Waals surface area contributed by atoms with Gasteiger partial charge in [-0.1, -0.05) is 18.2 Å². The van der Waals surface area contributed by atoms with Gasteiger partial charge in [-0.05, 0) is 48.0 Å². The van der Waals surface area contributed by atoms with E-state index in [-0.39, 0.29) is 17.0 Å². The predicted molar refractivity (Wildman–Crippen MR) is 104 cm³/mol. The zero-order valence-electron chi connectivity index (χ0n) is 14.7. The molecule has 0 atom stereocenters. The predicted octanol–water partition coefficient (Wildman–Crippen LogP) is 2.68. The van der Waals surface area contributed by atoms with Crippen LogP contribution in [-0.4, -0.2) is 19.3 Å². The first-order valence-corrected chi connectivity index (χ1v) is 9.76. The van der Waals surface area contributed by atoms with Gasteiger partial charge in [-0.3, -0.25) is 9.78 Å². The average Bonchev–Trinajstić information content (AvgIpc) is 2.73. The van der Waals surface area contributed by atoms with Gasteiger partial charge in [0.1, 0.15) is 0 Å². The molecular formula is C20H16N4O3S. The Morgan fingerprint density at radius 2 is 1.89 bits per heavy atom. The third-order valence-corrected chi connectivity index (χ3v) is 5.24. The van der Waals surface area contributed by atoms with E-state index in [1.165, 1.54) is 30.3 Å². The van der Waals surface area contributed by atoms with E-state index in [1.54, 1.807) is 42.7 Å². The van der Waals surface area contributed by atoms with Crippen LogP contribution in [0.25, 0.3) is 0 Å². The van der Waals surface area contributed by atoms with Crippen molar-refractivity contribution in [2.24, 2.45) is 0 Å². The molecule has 1 aromatic heterocycles. The van der Waals surface area contributed by atoms with Gasteiger partial charge in [0.25, 0.3) is 5.91 Å². The quantitative estimate of drug-likeness (QED) is 0.670. The molecule has 0 aliphatic rings. The lowest BCUT2D eigenvalue weighted by Gasteiger charge is -2.09. The maximum absolute atomic E-state index is 12.5. The molecule has 0 fully saturated rings. The highest BCUT2D eigenvalue weighted by atomic mass is 32.2. The number of benzene rings is 2. The van der Waals surface area contributed by atoms with Crippen LogP contribution >= 0.6 is 0 Å². The molecule has 28 heavy (non-hydrogen) atoms. The molecule has 0 aliphatic heterocycles. The van der Waals surface area contributed by atoms with Crippen molar-refractivity contribution in [3.63, 3.8) is 0 Å². The third-order valence-electron chi connectivity index (χ3n) is 3.85. The Hall–Kier alpha value is -3.54. The minimum Gasteiger partial charge on any atom is -0.322 e. The number of hydrogen-bond donors (Lipinski definition) is 2. The molecule has 1 heterocycles. The van der Waals surface area contributed by atoms with Gasteiger partial charge in [-0.25, -0.2) is 13.1 Å². The Morgan fingerprint density at radius 3 is 2.64 bits per heavy atom. The highest BCUT2D eigenvalue weighted by Gasteiger charge is 2.16. The Balaban J connectivity index is 1.75. The number of rotatable bonds is 6. The van der Waals surface area contributed by atoms with E-state index in [9.17, 15) is 13.2 Å². The van der Waals surface area contributed by atoms with Crippen LogP contribution in [-0.2, 0) is 16.6 Å². The van der Waals surface area contributed by atoms with E-state index >= 15 is 0 Å². The van der Waals surface area contributed by atoms with Crippen molar-refractivity contribution < 1.29 is 13.2 Å². The van der Waals surface area contributed by atoms with Crippen LogP contribution in [0.4, 0.5) is 5.69 Å². The summed E-state index contributed by atoms with van der Waals surface area (Å²) in [6.07, 6.45) is 3.17. The second-order valence-corrected chi connectivity index (χ2v) is 7.63. The zero-order chi connectivity index (χ0) is 20.0. The minimum atomic E-state index is -3.80. The smallest absolute Gasteiger partial charge is 0.255 e. The summed E-state index contributed by atoms with van der Waals surface area (Å²) in [5, 5.41) is 11.6. The van der Waals surface area contributed by atoms with Crippen molar-refractivity contribution in [2.75, 3.05) is 5.32 Å². The number of aromatic nitrogens is 1. The number of carbonyl (C=O) groups excluding carboxylic acids is 1. The molecule has 3 aromatic rings. The van der Waals surface area contributed by atoms with E-state index in [0.29, 0.717) is 11.3 Å². The second kappa shape index (κ2) is 8.43. The molecule has 3 rings (SSSR count). The number of nitrogens with one attached hydrogen (secondary N) is 2. The number of anilines is 1. The summed E-state index contributed by atoms with van der Waals surface area (Å²) in [7, 11) is -3.80. The molecule has 0 radical (unpaired) electrons. The molecule has 140 valence electrons. The highest BCUT2D eigenvalue weighted by molar-refractivity contribution is 7.89. The summed E-state index contributed by atoms with van der Waals surface area (Å²) < 4.78 is 27.5. The van der Waals surface area contributed by atoms with Crippen LogP contribution in [0.15, 0.2) is 78.0 Å². The number of pyridine rings is 1. The molecule has 0 saturated carbocycles. The summed E-state index contributed by atoms with van der Waals surface area (Å²) >= 11 is 0. The fourth-order valence-corrected chi connectivity index (χ4v) is 3.50. The Bertz CT molecular complexity index is 1140. The van der Waals surface area contributed by atoms with Crippen molar-refractivity contribution in [3.05, 3.63) is 89.7 Å². The largest absolute Gasteiger partial charge is 0.322 e. The summed E-state index contributed by atoms with van der Waals surface area (Å²) in [6, 6.07) is 17.7. The first-order valence-electron chi connectivity index (χ1n) is 8.28. The topological polar surface area (TPSA) is 112 Å². The Morgan fingerprint density at radius 1 is 1.07 bits per heavy atom. The molecule has 7 nitrogen and oxygen atoms in total. The molecule has 8 heteroatoms. The van der Waals surface area contributed by atoms with Crippen LogP contribution in [0.1, 0.15) is 21.5 Å². The summed E-state index contributed by atoms with van der Waals surface area (Å²) in [4.78, 5) is 16.4. The normalized spacial score (nSPS) is 10.8. The first kappa shape index (κ1) is 19.2. The number of nitriles is 1. The van der Waals surface area contributed by atoms with E-state index in [2.05, 4.69) is 15.0 Å². The van der Waals surface area contributed by atoms with Gasteiger partial charge in [-0.15, -0.1) is 0 Å². The fourth-order valence-electron chi connectivity index (χ4n) is 2.44. The maximum Gasteiger partial charge on any atom is 0.255 e. The van der Waals surface area contributed by atoms with Crippen LogP contribution in [0.3, 0.4) is 0 Å². The van der Waals surface area contributed by atoms with Crippen LogP contribution in [0, 0.1) is 11.3 Å². The number of carbonyl (C=O) groups is 1. The number of hydrogen-bond acceptors (Lipinski definition) is 5. The summed E-state index contributed by atoms with van der Waals surface area (Å²) in [5.74, 6) is -0.473. The SMILES string of the molecule is N#Cc1cccc(NC(=O)c2cccc(S(=O)(=O)NCc3cccnc3)c2)c1. The molecule has 0 bridgehead atoms. The lowest BCUT2D eigenvalue weighted by molar-refractivity contribution is 0.102. The molecule has 0 spiro atoms. The molecule has 2 aromatic carbocycles. The molecule has 2 N–H and O–H groups in total. The van der Waals surface area contributed by atoms with Crippen LogP contribution in [0.5, 0.6) is 0 Å². The van der Waals surface area contributed by atoms with Gasteiger partial charge >= 0.3 is 0 Å². The number of nitrogens with zero attached hydrogens (tertiary/aromatic N) is 2. The Labute approximate surface area is 162 Å². The zero-order valence-corrected chi connectivity index (χ0v) is 15.5. The monoisotopic (exact) mass is 392 g/mol. The lowest BCUT2D eigenvalue weighted by Crippen LogP contribution is -2.23. The van der Waals surface area contributed by atoms with Crippen molar-refractivity contribution in [2.45, 2.75) is 11.4 Å². The fraction of sp³-hybridized carbons (Fsp3) is 0.0500. The molecule has 1 amide bonds. The van der Waals surface area contributed by atoms with Crippen molar-refractivity contribution in [1.29, 1.82) is 5.26 Å². The van der Waals surface area contributed by atoms with Gasteiger partial charge in [0, 0.05) is 30.2 Å². The lowest BCUT2D eigenvalue weighted by atomic mass is 10.2. The minimum absolute atomic E-state index is 0.0187. The van der Waals surface area contributed by atoms with E-state index in [4.69, 9.17) is 5.26 Å². The van der Waals surface area contributed by atoms with Crippen LogP contribution in [0.2, 0.25) is 0 Å². The van der Waals surface area contributed by atoms with Gasteiger partial charge in [0.05, 0.1) is 16.5 Å². The second-order valence-electron chi connectivity index (χ2n) is 5.86. The van der Waals surface area contributed by atoms with Crippen LogP contribution < -0.4 is 10.0 Å². The molecule has 0 saturated heterocycles. The Kier molecular flexibility index (Phi) is 5.79. The number of amides is 1. The standard InChI is InChI=1S/C20H16N4O3S/c21-12-15-4-1-7-18(10-15)24-20(25)17-6-2-8-19(11-17)28(26,27)23-14-16-5-3-9-22-13-16/h1-11,13,23H,14H2,(H,24,25). The first-order chi connectivity index (χ1) is 13.5. The van der Waals surface area contributed by atoms with Crippen molar-refractivity contribution in [1.82, 2.24) is 9.71 Å². The summed E-state index contributed by atoms with van der Waals surface area (Å²) in [5.41, 5.74) is 1.77. The molecular weight excluding hydrogens is 376 g/mol. The van der Waals surface area contributed by atoms with Crippen molar-refractivity contribution >= 4 is 21.6 Å². The average molecular weight is 392 g/mol. The van der Waals surface area contributed by atoms with Gasteiger partial charge in [-0.2, -0.15) is 5.26 Å².